The quantitative estimate of drug-likeness (QED) is 0.371. The highest BCUT2D eigenvalue weighted by Crippen LogP contribution is 2.11. The van der Waals surface area contributed by atoms with Crippen molar-refractivity contribution in [2.45, 2.75) is 19.3 Å². The smallest absolute Gasteiger partial charge is 0.267 e. The van der Waals surface area contributed by atoms with E-state index in [2.05, 4.69) is 0 Å². The normalized spacial score (nSPS) is 18.1. The van der Waals surface area contributed by atoms with Crippen LogP contribution in [0.15, 0.2) is 11.8 Å². The Morgan fingerprint density at radius 2 is 2.00 bits per heavy atom. The summed E-state index contributed by atoms with van der Waals surface area (Å²) in [6.45, 7) is 1.38. The summed E-state index contributed by atoms with van der Waals surface area (Å²) in [5.41, 5.74) is -0.179. The fourth-order valence-corrected chi connectivity index (χ4v) is 1.40. The van der Waals surface area contributed by atoms with Crippen molar-refractivity contribution >= 4 is 5.91 Å². The molecule has 4 nitrogen and oxygen atoms in total. The van der Waals surface area contributed by atoms with E-state index in [-0.39, 0.29) is 11.5 Å². The van der Waals surface area contributed by atoms with Crippen molar-refractivity contribution < 1.29 is 9.90 Å². The molecule has 0 aromatic carbocycles. The molecule has 0 bridgehead atoms. The van der Waals surface area contributed by atoms with Crippen LogP contribution in [-0.2, 0) is 4.79 Å². The molecule has 0 aromatic heterocycles. The van der Waals surface area contributed by atoms with E-state index in [0.29, 0.717) is 19.4 Å². The van der Waals surface area contributed by atoms with Gasteiger partial charge in [0.1, 0.15) is 12.3 Å². The summed E-state index contributed by atoms with van der Waals surface area (Å²) in [6, 6.07) is 1.67. The standard InChI is InChI=1S/C9H12N2O2/c10-6-8(7-12)9(13)11-4-2-1-3-5-11/h7,12H,1-5H2. The zero-order valence-electron chi connectivity index (χ0n) is 7.36. The maximum Gasteiger partial charge on any atom is 0.267 e. The van der Waals surface area contributed by atoms with Gasteiger partial charge in [-0.2, -0.15) is 5.26 Å². The molecule has 1 saturated heterocycles. The number of hydrogen-bond acceptors (Lipinski definition) is 3. The molecule has 0 aromatic rings. The van der Waals surface area contributed by atoms with Crippen molar-refractivity contribution in [3.05, 3.63) is 11.8 Å². The monoisotopic (exact) mass is 180 g/mol. The number of rotatable bonds is 1. The van der Waals surface area contributed by atoms with E-state index >= 15 is 0 Å². The zero-order chi connectivity index (χ0) is 9.68. The number of nitriles is 1. The molecule has 0 spiro atoms. The molecule has 1 rings (SSSR count). The third-order valence-corrected chi connectivity index (χ3v) is 2.12. The molecule has 0 atom stereocenters. The third-order valence-electron chi connectivity index (χ3n) is 2.12. The molecule has 1 amide bonds. The molecule has 0 aliphatic carbocycles. The Balaban J connectivity index is 2.61. The number of nitrogens with zero attached hydrogens (tertiary/aromatic N) is 2. The van der Waals surface area contributed by atoms with E-state index in [9.17, 15) is 4.79 Å². The van der Waals surface area contributed by atoms with Crippen LogP contribution in [0.1, 0.15) is 19.3 Å². The Hall–Kier alpha value is -1.50. The van der Waals surface area contributed by atoms with Gasteiger partial charge in [-0.15, -0.1) is 0 Å². The van der Waals surface area contributed by atoms with Gasteiger partial charge < -0.3 is 10.0 Å². The van der Waals surface area contributed by atoms with E-state index in [1.54, 1.807) is 11.0 Å². The van der Waals surface area contributed by atoms with Gasteiger partial charge in [0, 0.05) is 13.1 Å². The molecular weight excluding hydrogens is 168 g/mol. The lowest BCUT2D eigenvalue weighted by molar-refractivity contribution is -0.127. The van der Waals surface area contributed by atoms with Gasteiger partial charge in [-0.05, 0) is 19.3 Å². The lowest BCUT2D eigenvalue weighted by Gasteiger charge is -2.25. The van der Waals surface area contributed by atoms with Gasteiger partial charge >= 0.3 is 0 Å². The van der Waals surface area contributed by atoms with Crippen LogP contribution in [0, 0.1) is 11.3 Å². The minimum absolute atomic E-state index is 0.179. The zero-order valence-corrected chi connectivity index (χ0v) is 7.36. The van der Waals surface area contributed by atoms with Crippen LogP contribution in [0.25, 0.3) is 0 Å². The Morgan fingerprint density at radius 3 is 2.46 bits per heavy atom. The highest BCUT2D eigenvalue weighted by molar-refractivity contribution is 5.96. The first-order valence-electron chi connectivity index (χ1n) is 4.33. The Kier molecular flexibility index (Phi) is 3.32. The predicted molar refractivity (Wildman–Crippen MR) is 46.8 cm³/mol. The molecular formula is C9H12N2O2. The summed E-state index contributed by atoms with van der Waals surface area (Å²) in [5.74, 6) is -0.357. The first kappa shape index (κ1) is 9.59. The molecule has 4 heteroatoms. The Labute approximate surface area is 77.1 Å². The first-order chi connectivity index (χ1) is 6.29. The van der Waals surface area contributed by atoms with Crippen molar-refractivity contribution in [2.24, 2.45) is 0 Å². The highest BCUT2D eigenvalue weighted by Gasteiger charge is 2.19. The van der Waals surface area contributed by atoms with E-state index in [4.69, 9.17) is 10.4 Å². The summed E-state index contributed by atoms with van der Waals surface area (Å²) in [4.78, 5) is 13.0. The number of hydrogen-bond donors (Lipinski definition) is 1. The van der Waals surface area contributed by atoms with Crippen molar-refractivity contribution in [1.82, 2.24) is 4.90 Å². The van der Waals surface area contributed by atoms with Crippen LogP contribution in [0.5, 0.6) is 0 Å². The topological polar surface area (TPSA) is 64.3 Å². The second kappa shape index (κ2) is 4.51. The number of aliphatic hydroxyl groups is 1. The number of carbonyl (C=O) groups is 1. The number of piperidine rings is 1. The van der Waals surface area contributed by atoms with Gasteiger partial charge in [0.05, 0.1) is 0 Å². The fourth-order valence-electron chi connectivity index (χ4n) is 1.40. The molecule has 1 N–H and O–H groups in total. The van der Waals surface area contributed by atoms with Gasteiger partial charge in [0.25, 0.3) is 5.91 Å². The van der Waals surface area contributed by atoms with Crippen molar-refractivity contribution in [3.8, 4) is 6.07 Å². The van der Waals surface area contributed by atoms with E-state index in [0.717, 1.165) is 19.3 Å². The highest BCUT2D eigenvalue weighted by atomic mass is 16.2. The summed E-state index contributed by atoms with van der Waals surface area (Å²) in [6.07, 6.45) is 3.68. The number of amides is 1. The molecule has 13 heavy (non-hydrogen) atoms. The Morgan fingerprint density at radius 1 is 1.38 bits per heavy atom. The Bertz CT molecular complexity index is 259. The lowest BCUT2D eigenvalue weighted by Crippen LogP contribution is -2.36. The maximum atomic E-state index is 11.4. The lowest BCUT2D eigenvalue weighted by atomic mass is 10.1. The van der Waals surface area contributed by atoms with Crippen LogP contribution >= 0.6 is 0 Å². The average Bonchev–Trinajstić information content (AvgIpc) is 2.21. The number of carbonyl (C=O) groups excluding carboxylic acids is 1. The molecule has 70 valence electrons. The number of aliphatic hydroxyl groups excluding tert-OH is 1. The average molecular weight is 180 g/mol. The summed E-state index contributed by atoms with van der Waals surface area (Å²) >= 11 is 0. The van der Waals surface area contributed by atoms with E-state index in [1.165, 1.54) is 0 Å². The molecule has 1 fully saturated rings. The second-order valence-corrected chi connectivity index (χ2v) is 3.01. The van der Waals surface area contributed by atoms with Crippen LogP contribution in [0.4, 0.5) is 0 Å². The maximum absolute atomic E-state index is 11.4. The SMILES string of the molecule is N#CC(=CO)C(=O)N1CCCCC1. The van der Waals surface area contributed by atoms with Crippen LogP contribution in [0.2, 0.25) is 0 Å². The second-order valence-electron chi connectivity index (χ2n) is 3.01. The summed E-state index contributed by atoms with van der Waals surface area (Å²) in [7, 11) is 0. The van der Waals surface area contributed by atoms with Crippen LogP contribution in [0.3, 0.4) is 0 Å². The molecule has 0 saturated carbocycles. The van der Waals surface area contributed by atoms with Gasteiger partial charge in [-0.1, -0.05) is 0 Å². The number of likely N-dealkylation sites (tertiary alicyclic amines) is 1. The molecule has 1 aliphatic heterocycles. The molecule has 1 heterocycles. The van der Waals surface area contributed by atoms with E-state index < -0.39 is 0 Å². The third kappa shape index (κ3) is 2.22. The van der Waals surface area contributed by atoms with Gasteiger partial charge in [-0.3, -0.25) is 4.79 Å². The summed E-state index contributed by atoms with van der Waals surface area (Å²) in [5, 5.41) is 17.1. The van der Waals surface area contributed by atoms with E-state index in [1.807, 2.05) is 0 Å². The van der Waals surface area contributed by atoms with Crippen LogP contribution in [-0.4, -0.2) is 29.0 Å². The molecule has 0 unspecified atom stereocenters. The largest absolute Gasteiger partial charge is 0.514 e. The molecule has 1 aliphatic rings. The molecule has 0 radical (unpaired) electrons. The first-order valence-corrected chi connectivity index (χ1v) is 4.33. The fraction of sp³-hybridized carbons (Fsp3) is 0.556. The van der Waals surface area contributed by atoms with Crippen molar-refractivity contribution in [3.63, 3.8) is 0 Å². The summed E-state index contributed by atoms with van der Waals surface area (Å²) < 4.78 is 0. The predicted octanol–water partition coefficient (Wildman–Crippen LogP) is 0.964. The van der Waals surface area contributed by atoms with Gasteiger partial charge in [0.15, 0.2) is 5.57 Å². The van der Waals surface area contributed by atoms with Gasteiger partial charge in [-0.25, -0.2) is 0 Å². The van der Waals surface area contributed by atoms with Crippen molar-refractivity contribution in [2.75, 3.05) is 13.1 Å². The minimum Gasteiger partial charge on any atom is -0.514 e. The van der Waals surface area contributed by atoms with Crippen molar-refractivity contribution in [1.29, 1.82) is 5.26 Å². The minimum atomic E-state index is -0.357. The van der Waals surface area contributed by atoms with Crippen LogP contribution < -0.4 is 0 Å². The van der Waals surface area contributed by atoms with Gasteiger partial charge in [0.2, 0.25) is 0 Å².